The predicted octanol–water partition coefficient (Wildman–Crippen LogP) is 2.83. The minimum Gasteiger partial charge on any atom is -0.497 e. The molecule has 2 aromatic heterocycles. The van der Waals surface area contributed by atoms with Crippen LogP contribution in [0.5, 0.6) is 5.75 Å². The Kier molecular flexibility index (Phi) is 4.15. The molecule has 0 radical (unpaired) electrons. The van der Waals surface area contributed by atoms with Gasteiger partial charge in [-0.3, -0.25) is 0 Å². The Bertz CT molecular complexity index is 713. The lowest BCUT2D eigenvalue weighted by molar-refractivity contribution is 0.415. The molecule has 3 aromatic rings. The molecule has 0 amide bonds. The predicted molar refractivity (Wildman–Crippen MR) is 82.1 cm³/mol. The van der Waals surface area contributed by atoms with E-state index in [0.29, 0.717) is 18.3 Å². The number of nitrogens with one attached hydrogen (secondary N) is 2. The molecular weight excluding hydrogens is 282 g/mol. The fourth-order valence-corrected chi connectivity index (χ4v) is 1.84. The van der Waals surface area contributed by atoms with Crippen molar-refractivity contribution in [2.75, 3.05) is 17.7 Å². The van der Waals surface area contributed by atoms with Crippen LogP contribution in [0.4, 0.5) is 17.5 Å². The molecule has 0 aliphatic rings. The molecule has 3 rings (SSSR count). The average molecular weight is 297 g/mol. The maximum absolute atomic E-state index is 5.25. The maximum atomic E-state index is 5.25. The number of hydrogen-bond acceptors (Lipinski definition) is 7. The van der Waals surface area contributed by atoms with Crippen molar-refractivity contribution >= 4 is 17.5 Å². The van der Waals surface area contributed by atoms with Crippen molar-refractivity contribution < 1.29 is 9.15 Å². The van der Waals surface area contributed by atoms with Crippen molar-refractivity contribution in [2.24, 2.45) is 0 Å². The van der Waals surface area contributed by atoms with Crippen LogP contribution in [0.25, 0.3) is 0 Å². The Labute approximate surface area is 127 Å². The third kappa shape index (κ3) is 3.51. The molecule has 7 nitrogen and oxygen atoms in total. The third-order valence-electron chi connectivity index (χ3n) is 2.93. The summed E-state index contributed by atoms with van der Waals surface area (Å²) in [5.41, 5.74) is 0.853. The van der Waals surface area contributed by atoms with Crippen LogP contribution in [0, 0.1) is 0 Å². The first-order chi connectivity index (χ1) is 10.8. The van der Waals surface area contributed by atoms with E-state index >= 15 is 0 Å². The number of hydrogen-bond donors (Lipinski definition) is 2. The summed E-state index contributed by atoms with van der Waals surface area (Å²) < 4.78 is 10.4. The zero-order chi connectivity index (χ0) is 15.2. The highest BCUT2D eigenvalue weighted by atomic mass is 16.5. The van der Waals surface area contributed by atoms with Gasteiger partial charge in [-0.05, 0) is 36.4 Å². The van der Waals surface area contributed by atoms with Crippen LogP contribution < -0.4 is 15.4 Å². The monoisotopic (exact) mass is 297 g/mol. The SMILES string of the molecule is COc1ccc(Nc2nncc(NCc3ccco3)n2)cc1. The van der Waals surface area contributed by atoms with Gasteiger partial charge in [0.1, 0.15) is 11.5 Å². The minimum atomic E-state index is 0.412. The number of rotatable bonds is 6. The second kappa shape index (κ2) is 6.57. The van der Waals surface area contributed by atoms with Crippen molar-refractivity contribution in [3.05, 3.63) is 54.6 Å². The topological polar surface area (TPSA) is 85.1 Å². The summed E-state index contributed by atoms with van der Waals surface area (Å²) in [4.78, 5) is 4.34. The van der Waals surface area contributed by atoms with Crippen LogP contribution in [0.3, 0.4) is 0 Å². The second-order valence-corrected chi connectivity index (χ2v) is 4.45. The van der Waals surface area contributed by atoms with Gasteiger partial charge in [0.25, 0.3) is 0 Å². The summed E-state index contributed by atoms with van der Waals surface area (Å²) in [6.07, 6.45) is 3.19. The van der Waals surface area contributed by atoms with Gasteiger partial charge in [-0.1, -0.05) is 0 Å². The van der Waals surface area contributed by atoms with E-state index in [1.54, 1.807) is 19.6 Å². The lowest BCUT2D eigenvalue weighted by Crippen LogP contribution is -2.05. The Morgan fingerprint density at radius 2 is 2.05 bits per heavy atom. The highest BCUT2D eigenvalue weighted by molar-refractivity contribution is 5.55. The molecule has 0 saturated heterocycles. The zero-order valence-electron chi connectivity index (χ0n) is 12.0. The van der Waals surface area contributed by atoms with Crippen molar-refractivity contribution in [1.29, 1.82) is 0 Å². The van der Waals surface area contributed by atoms with Gasteiger partial charge in [0.05, 0.1) is 26.1 Å². The van der Waals surface area contributed by atoms with E-state index in [1.165, 1.54) is 0 Å². The van der Waals surface area contributed by atoms with Gasteiger partial charge in [-0.25, -0.2) is 0 Å². The Morgan fingerprint density at radius 1 is 1.18 bits per heavy atom. The molecule has 2 N–H and O–H groups in total. The summed E-state index contributed by atoms with van der Waals surface area (Å²) in [5, 5.41) is 14.1. The molecule has 2 heterocycles. The molecule has 112 valence electrons. The molecular formula is C15H15N5O2. The molecule has 7 heteroatoms. The second-order valence-electron chi connectivity index (χ2n) is 4.45. The Balaban J connectivity index is 1.65. The fraction of sp³-hybridized carbons (Fsp3) is 0.133. The van der Waals surface area contributed by atoms with E-state index in [2.05, 4.69) is 25.8 Å². The van der Waals surface area contributed by atoms with Crippen LogP contribution in [0.2, 0.25) is 0 Å². The smallest absolute Gasteiger partial charge is 0.249 e. The van der Waals surface area contributed by atoms with E-state index in [9.17, 15) is 0 Å². The van der Waals surface area contributed by atoms with Gasteiger partial charge < -0.3 is 19.8 Å². The highest BCUT2D eigenvalue weighted by Crippen LogP contribution is 2.18. The van der Waals surface area contributed by atoms with Gasteiger partial charge >= 0.3 is 0 Å². The normalized spacial score (nSPS) is 10.2. The first-order valence-corrected chi connectivity index (χ1v) is 6.70. The molecule has 0 unspecified atom stereocenters. The van der Waals surface area contributed by atoms with Crippen LogP contribution >= 0.6 is 0 Å². The largest absolute Gasteiger partial charge is 0.497 e. The summed E-state index contributed by atoms with van der Waals surface area (Å²) in [7, 11) is 1.63. The molecule has 0 aliphatic carbocycles. The number of aromatic nitrogens is 3. The van der Waals surface area contributed by atoms with Crippen molar-refractivity contribution in [3.63, 3.8) is 0 Å². The summed E-state index contributed by atoms with van der Waals surface area (Å²) in [6, 6.07) is 11.2. The number of methoxy groups -OCH3 is 1. The van der Waals surface area contributed by atoms with Crippen LogP contribution in [0.15, 0.2) is 53.3 Å². The maximum Gasteiger partial charge on any atom is 0.249 e. The quantitative estimate of drug-likeness (QED) is 0.723. The minimum absolute atomic E-state index is 0.412. The van der Waals surface area contributed by atoms with Gasteiger partial charge in [0.2, 0.25) is 5.95 Å². The molecule has 1 aromatic carbocycles. The number of furan rings is 1. The van der Waals surface area contributed by atoms with Crippen molar-refractivity contribution in [3.8, 4) is 5.75 Å². The lowest BCUT2D eigenvalue weighted by Gasteiger charge is -2.07. The van der Waals surface area contributed by atoms with Gasteiger partial charge in [0.15, 0.2) is 5.82 Å². The van der Waals surface area contributed by atoms with Crippen LogP contribution in [0.1, 0.15) is 5.76 Å². The lowest BCUT2D eigenvalue weighted by atomic mass is 10.3. The highest BCUT2D eigenvalue weighted by Gasteiger charge is 2.03. The molecule has 22 heavy (non-hydrogen) atoms. The number of nitrogens with zero attached hydrogens (tertiary/aromatic N) is 3. The molecule has 0 bridgehead atoms. The molecule has 0 atom stereocenters. The van der Waals surface area contributed by atoms with E-state index in [4.69, 9.17) is 9.15 Å². The number of anilines is 3. The van der Waals surface area contributed by atoms with Gasteiger partial charge in [0, 0.05) is 5.69 Å². The van der Waals surface area contributed by atoms with E-state index in [1.807, 2.05) is 36.4 Å². The summed E-state index contributed by atoms with van der Waals surface area (Å²) >= 11 is 0. The molecule has 0 aliphatic heterocycles. The van der Waals surface area contributed by atoms with Crippen molar-refractivity contribution in [1.82, 2.24) is 15.2 Å². The van der Waals surface area contributed by atoms with Crippen molar-refractivity contribution in [2.45, 2.75) is 6.54 Å². The first-order valence-electron chi connectivity index (χ1n) is 6.70. The Hall–Kier alpha value is -3.09. The third-order valence-corrected chi connectivity index (χ3v) is 2.93. The first kappa shape index (κ1) is 13.9. The number of benzene rings is 1. The van der Waals surface area contributed by atoms with Gasteiger partial charge in [-0.15, -0.1) is 5.10 Å². The fourth-order valence-electron chi connectivity index (χ4n) is 1.84. The molecule has 0 fully saturated rings. The molecule has 0 spiro atoms. The number of ether oxygens (including phenoxy) is 1. The average Bonchev–Trinajstić information content (AvgIpc) is 3.08. The summed E-state index contributed by atoms with van der Waals surface area (Å²) in [5.74, 6) is 2.64. The molecule has 0 saturated carbocycles. The summed E-state index contributed by atoms with van der Waals surface area (Å²) in [6.45, 7) is 0.535. The van der Waals surface area contributed by atoms with Gasteiger partial charge in [-0.2, -0.15) is 10.1 Å². The Morgan fingerprint density at radius 3 is 2.77 bits per heavy atom. The van der Waals surface area contributed by atoms with E-state index in [-0.39, 0.29) is 0 Å². The van der Waals surface area contributed by atoms with Crippen LogP contribution in [-0.2, 0) is 6.54 Å². The standard InChI is InChI=1S/C15H15N5O2/c1-21-12-6-4-11(5-7-12)18-15-19-14(10-17-20-15)16-9-13-3-2-8-22-13/h2-8,10H,9H2,1H3,(H2,16,18,19,20). The van der Waals surface area contributed by atoms with E-state index < -0.39 is 0 Å². The van der Waals surface area contributed by atoms with E-state index in [0.717, 1.165) is 17.2 Å². The zero-order valence-corrected chi connectivity index (χ0v) is 12.0. The van der Waals surface area contributed by atoms with Crippen LogP contribution in [-0.4, -0.2) is 22.3 Å².